The fourth-order valence-corrected chi connectivity index (χ4v) is 8.27. The van der Waals surface area contributed by atoms with Crippen LogP contribution in [0.2, 0.25) is 5.02 Å². The molecule has 19 heteroatoms. The van der Waals surface area contributed by atoms with Crippen LogP contribution in [0, 0.1) is 13.8 Å². The predicted molar refractivity (Wildman–Crippen MR) is 256 cm³/mol. The topological polar surface area (TPSA) is 201 Å². The van der Waals surface area contributed by atoms with Gasteiger partial charge in [-0.25, -0.2) is 19.7 Å². The molecule has 1 unspecified atom stereocenters. The largest absolute Gasteiger partial charge is 0.379 e. The molecule has 0 bridgehead atoms. The normalized spacial score (nSPS) is 13.5. The molecule has 0 aliphatic carbocycles. The average molecular weight is 934 g/mol. The molecular weight excluding hydrogens is 872 g/mol. The Bertz CT molecular complexity index is 2330. The maximum absolute atomic E-state index is 12.3. The van der Waals surface area contributed by atoms with E-state index >= 15 is 0 Å². The Morgan fingerprint density at radius 3 is 2.26 bits per heavy atom. The molecule has 3 aromatic heterocycles. The molecule has 1 atom stereocenters. The Labute approximate surface area is 388 Å². The number of aromatic nitrogens is 5. The van der Waals surface area contributed by atoms with E-state index in [9.17, 15) is 19.5 Å². The van der Waals surface area contributed by atoms with Crippen molar-refractivity contribution < 1.29 is 24.1 Å². The maximum Gasteiger partial charge on any atom is 0.332 e. The van der Waals surface area contributed by atoms with Crippen LogP contribution in [0.3, 0.4) is 0 Å². The fourth-order valence-electron chi connectivity index (χ4n) is 7.23. The first kappa shape index (κ1) is 49.2. The van der Waals surface area contributed by atoms with Gasteiger partial charge in [0.2, 0.25) is 5.91 Å². The van der Waals surface area contributed by atoms with Crippen molar-refractivity contribution in [2.24, 2.45) is 0 Å². The van der Waals surface area contributed by atoms with Crippen molar-refractivity contribution in [3.63, 3.8) is 0 Å². The molecule has 1 saturated heterocycles. The van der Waals surface area contributed by atoms with E-state index in [0.717, 1.165) is 82.8 Å². The van der Waals surface area contributed by atoms with Gasteiger partial charge in [-0.1, -0.05) is 54.3 Å². The van der Waals surface area contributed by atoms with E-state index in [-0.39, 0.29) is 5.91 Å². The van der Waals surface area contributed by atoms with Crippen molar-refractivity contribution in [2.45, 2.75) is 71.4 Å². The molecule has 350 valence electrons. The highest BCUT2D eigenvalue weighted by Crippen LogP contribution is 2.32. The minimum absolute atomic E-state index is 0.0694. The van der Waals surface area contributed by atoms with Gasteiger partial charge in [0, 0.05) is 76.0 Å². The van der Waals surface area contributed by atoms with Crippen molar-refractivity contribution in [1.82, 2.24) is 29.4 Å². The van der Waals surface area contributed by atoms with Crippen LogP contribution in [0.25, 0.3) is 5.69 Å². The lowest BCUT2D eigenvalue weighted by Gasteiger charge is -2.35. The number of aliphatic hydroxyl groups is 1. The van der Waals surface area contributed by atoms with E-state index in [4.69, 9.17) is 30.8 Å². The molecular formula is C46H61ClN10O7S. The number of rotatable bonds is 27. The Kier molecular flexibility index (Phi) is 19.7. The second kappa shape index (κ2) is 26.1. The number of hydrogen-bond donors (Lipinski definition) is 5. The van der Waals surface area contributed by atoms with Crippen molar-refractivity contribution in [3.05, 3.63) is 109 Å². The number of para-hydroxylation sites is 1. The third-order valence-electron chi connectivity index (χ3n) is 10.8. The summed E-state index contributed by atoms with van der Waals surface area (Å²) in [5, 5.41) is 21.3. The highest BCUT2D eigenvalue weighted by atomic mass is 35.5. The number of piperazine rings is 1. The summed E-state index contributed by atoms with van der Waals surface area (Å²) in [6, 6.07) is 15.7. The fraction of sp³-hybridized carbons (Fsp3) is 0.478. The summed E-state index contributed by atoms with van der Waals surface area (Å²) in [6.07, 6.45) is 9.56. The minimum atomic E-state index is -0.953. The molecule has 0 radical (unpaired) electrons. The van der Waals surface area contributed by atoms with E-state index in [0.29, 0.717) is 83.2 Å². The van der Waals surface area contributed by atoms with Gasteiger partial charge in [-0.15, -0.1) is 0 Å². The van der Waals surface area contributed by atoms with Crippen LogP contribution in [0.5, 0.6) is 0 Å². The summed E-state index contributed by atoms with van der Waals surface area (Å²) in [6.45, 7) is 12.2. The van der Waals surface area contributed by atoms with Gasteiger partial charge >= 0.3 is 5.69 Å². The zero-order valence-electron chi connectivity index (χ0n) is 37.2. The van der Waals surface area contributed by atoms with Gasteiger partial charge in [-0.05, 0) is 82.0 Å². The lowest BCUT2D eigenvalue weighted by Crippen LogP contribution is -2.47. The Hall–Kier alpha value is -5.21. The molecule has 6 rings (SSSR count). The van der Waals surface area contributed by atoms with Crippen LogP contribution in [0.15, 0.2) is 76.6 Å². The average Bonchev–Trinajstić information content (AvgIpc) is 3.76. The van der Waals surface area contributed by atoms with Crippen LogP contribution in [-0.4, -0.2) is 113 Å². The first-order valence-electron chi connectivity index (χ1n) is 22.3. The number of aryl methyl sites for hydroxylation is 2. The monoisotopic (exact) mass is 932 g/mol. The van der Waals surface area contributed by atoms with E-state index < -0.39 is 17.5 Å². The van der Waals surface area contributed by atoms with Gasteiger partial charge in [0.1, 0.15) is 17.5 Å². The number of thiazole rings is 1. The third kappa shape index (κ3) is 16.3. The predicted octanol–water partition coefficient (Wildman–Crippen LogP) is 6.82. The van der Waals surface area contributed by atoms with Crippen LogP contribution in [0.4, 0.5) is 28.1 Å². The number of nitrogens with one attached hydrogen (secondary N) is 4. The number of hydrogen-bond acceptors (Lipinski definition) is 15. The first-order valence-corrected chi connectivity index (χ1v) is 23.5. The van der Waals surface area contributed by atoms with Gasteiger partial charge in [0.25, 0.3) is 5.56 Å². The number of halogens is 1. The Morgan fingerprint density at radius 2 is 1.55 bits per heavy atom. The number of H-pyrrole nitrogens is 1. The number of carbonyl (C=O) groups is 1. The number of unbranched alkanes of at least 4 members (excludes halogenated alkanes) is 5. The van der Waals surface area contributed by atoms with Gasteiger partial charge < -0.3 is 40.2 Å². The first-order chi connectivity index (χ1) is 31.6. The number of benzene rings is 2. The highest BCUT2D eigenvalue weighted by Gasteiger charge is 2.20. The molecule has 1 aliphatic rings. The number of ether oxygens (including phenoxy) is 3. The quantitative estimate of drug-likeness (QED) is 0.0271. The summed E-state index contributed by atoms with van der Waals surface area (Å²) in [4.78, 5) is 57.1. The van der Waals surface area contributed by atoms with E-state index in [1.807, 2.05) is 32.0 Å². The number of anilines is 5. The van der Waals surface area contributed by atoms with E-state index in [1.165, 1.54) is 41.0 Å². The van der Waals surface area contributed by atoms with Crippen LogP contribution < -0.4 is 32.1 Å². The lowest BCUT2D eigenvalue weighted by molar-refractivity contribution is -0.116. The molecule has 1 fully saturated rings. The van der Waals surface area contributed by atoms with Crippen molar-refractivity contribution in [3.8, 4) is 5.69 Å². The summed E-state index contributed by atoms with van der Waals surface area (Å²) < 4.78 is 18.4. The molecule has 5 aromatic rings. The Balaban J connectivity index is 0.720. The molecule has 65 heavy (non-hydrogen) atoms. The minimum Gasteiger partial charge on any atom is -0.379 e. The number of aliphatic hydroxyl groups excluding tert-OH is 1. The second-order valence-electron chi connectivity index (χ2n) is 15.8. The van der Waals surface area contributed by atoms with Crippen molar-refractivity contribution in [2.75, 3.05) is 93.2 Å². The van der Waals surface area contributed by atoms with Gasteiger partial charge in [-0.2, -0.15) is 0 Å². The van der Waals surface area contributed by atoms with Crippen molar-refractivity contribution in [1.29, 1.82) is 0 Å². The van der Waals surface area contributed by atoms with Gasteiger partial charge in [0.15, 0.2) is 11.4 Å². The zero-order valence-corrected chi connectivity index (χ0v) is 38.8. The molecule has 4 heterocycles. The smallest absolute Gasteiger partial charge is 0.332 e. The summed E-state index contributed by atoms with van der Waals surface area (Å²) in [7, 11) is 0. The van der Waals surface area contributed by atoms with E-state index in [1.54, 1.807) is 36.5 Å². The SMILES string of the molecule is Cc1nc(Nc2ncc(C(O)Nc3c(C)cccc3Cl)s2)cc(N2CCN(CCCCCCOCCOCCOCCCCCC(=O)Nc3ccc(-n4ccc(=O)[nH]c4=O)cc3)CC2)n1. The van der Waals surface area contributed by atoms with Crippen molar-refractivity contribution >= 4 is 57.0 Å². The molecule has 2 aromatic carbocycles. The van der Waals surface area contributed by atoms with E-state index in [2.05, 4.69) is 40.7 Å². The number of amides is 1. The summed E-state index contributed by atoms with van der Waals surface area (Å²) in [5.74, 6) is 2.17. The number of carbonyl (C=O) groups excluding carboxylic acids is 1. The molecule has 1 aliphatic heterocycles. The van der Waals surface area contributed by atoms with Crippen LogP contribution >= 0.6 is 22.9 Å². The van der Waals surface area contributed by atoms with Gasteiger partial charge in [-0.3, -0.25) is 24.0 Å². The number of aromatic amines is 1. The maximum atomic E-state index is 12.3. The summed E-state index contributed by atoms with van der Waals surface area (Å²) >= 11 is 7.68. The lowest BCUT2D eigenvalue weighted by atomic mass is 10.2. The second-order valence-corrected chi connectivity index (χ2v) is 17.3. The van der Waals surface area contributed by atoms with Crippen LogP contribution in [0.1, 0.15) is 73.9 Å². The molecule has 1 amide bonds. The molecule has 5 N–H and O–H groups in total. The van der Waals surface area contributed by atoms with Crippen LogP contribution in [-0.2, 0) is 19.0 Å². The third-order valence-corrected chi connectivity index (χ3v) is 12.0. The standard InChI is InChI=1S/C46H61ClN10O7S/c1-33-11-10-12-37(47)43(33)54-44(60)38-32-48-45(65-38)52-39-31-40(50-34(2)49-39)56-23-21-55(22-24-56)19-7-3-4-8-25-62-27-29-64-30-28-63-26-9-5-6-13-41(58)51-35-14-16-36(17-15-35)57-20-18-42(59)53-46(57)61/h10-12,14-18,20,31-32,44,54,60H,3-9,13,19,21-30H2,1-2H3,(H,51,58)(H,53,59,61)(H,48,49,50,52). The molecule has 0 spiro atoms. The summed E-state index contributed by atoms with van der Waals surface area (Å²) in [5.41, 5.74) is 1.89. The molecule has 17 nitrogen and oxygen atoms in total. The highest BCUT2D eigenvalue weighted by molar-refractivity contribution is 7.15. The molecule has 0 saturated carbocycles. The van der Waals surface area contributed by atoms with Gasteiger partial charge in [0.05, 0.1) is 47.7 Å². The zero-order chi connectivity index (χ0) is 45.8. The number of nitrogens with zero attached hydrogens (tertiary/aromatic N) is 6. The Morgan fingerprint density at radius 1 is 0.862 bits per heavy atom.